The maximum atomic E-state index is 12.0. The summed E-state index contributed by atoms with van der Waals surface area (Å²) in [7, 11) is 0. The number of rotatable bonds is 2. The quantitative estimate of drug-likeness (QED) is 0.722. The molecule has 0 bridgehead atoms. The number of nitrogen functional groups attached to an aromatic ring is 1. The molecule has 0 spiro atoms. The first-order valence-electron chi connectivity index (χ1n) is 8.16. The predicted octanol–water partition coefficient (Wildman–Crippen LogP) is 4.36. The van der Waals surface area contributed by atoms with E-state index in [0.29, 0.717) is 21.4 Å². The first kappa shape index (κ1) is 19.6. The van der Waals surface area contributed by atoms with Crippen LogP contribution >= 0.6 is 0 Å². The standard InChI is InChI=1S/C18H25N3O5/c1-16(2,3)18(17(4,5)6,21(14(22)23)15(24)25)10-7-8-11-12(9-10)26-20-13(11)19/h7-9H,1-6H3,(H2,19,20)(H,22,23)(H,24,25). The van der Waals surface area contributed by atoms with Gasteiger partial charge in [0.1, 0.15) is 0 Å². The molecule has 2 rings (SSSR count). The fourth-order valence-electron chi connectivity index (χ4n) is 4.34. The fourth-order valence-corrected chi connectivity index (χ4v) is 4.34. The summed E-state index contributed by atoms with van der Waals surface area (Å²) in [6.45, 7) is 10.9. The number of imide groups is 1. The molecule has 0 radical (unpaired) electrons. The molecule has 1 aromatic carbocycles. The van der Waals surface area contributed by atoms with Crippen molar-refractivity contribution in [2.24, 2.45) is 10.8 Å². The van der Waals surface area contributed by atoms with Gasteiger partial charge in [-0.15, -0.1) is 0 Å². The van der Waals surface area contributed by atoms with Gasteiger partial charge < -0.3 is 20.5 Å². The monoisotopic (exact) mass is 363 g/mol. The van der Waals surface area contributed by atoms with E-state index in [2.05, 4.69) is 5.16 Å². The van der Waals surface area contributed by atoms with Crippen molar-refractivity contribution in [2.75, 3.05) is 5.73 Å². The highest BCUT2D eigenvalue weighted by Crippen LogP contribution is 2.56. The van der Waals surface area contributed by atoms with Crippen molar-refractivity contribution in [2.45, 2.75) is 47.1 Å². The number of carbonyl (C=O) groups is 2. The van der Waals surface area contributed by atoms with Crippen molar-refractivity contribution in [1.29, 1.82) is 0 Å². The molecule has 1 heterocycles. The van der Waals surface area contributed by atoms with E-state index < -0.39 is 28.6 Å². The van der Waals surface area contributed by atoms with Crippen LogP contribution in [0.3, 0.4) is 0 Å². The van der Waals surface area contributed by atoms with Crippen LogP contribution in [-0.4, -0.2) is 32.5 Å². The highest BCUT2D eigenvalue weighted by molar-refractivity contribution is 5.90. The van der Waals surface area contributed by atoms with Gasteiger partial charge >= 0.3 is 12.2 Å². The Morgan fingerprint density at radius 3 is 1.96 bits per heavy atom. The molecule has 0 atom stereocenters. The zero-order valence-corrected chi connectivity index (χ0v) is 15.8. The van der Waals surface area contributed by atoms with Gasteiger partial charge in [-0.05, 0) is 28.5 Å². The molecule has 142 valence electrons. The summed E-state index contributed by atoms with van der Waals surface area (Å²) in [6.07, 6.45) is -3.08. The first-order chi connectivity index (χ1) is 11.7. The number of benzene rings is 1. The van der Waals surface area contributed by atoms with E-state index >= 15 is 0 Å². The lowest BCUT2D eigenvalue weighted by Gasteiger charge is -2.56. The molecule has 26 heavy (non-hydrogen) atoms. The van der Waals surface area contributed by atoms with Crippen molar-refractivity contribution in [1.82, 2.24) is 10.1 Å². The van der Waals surface area contributed by atoms with Gasteiger partial charge in [-0.25, -0.2) is 14.5 Å². The van der Waals surface area contributed by atoms with E-state index in [0.717, 1.165) is 0 Å². The molecule has 0 fully saturated rings. The number of carboxylic acid groups (broad SMARTS) is 2. The summed E-state index contributed by atoms with van der Waals surface area (Å²) in [5, 5.41) is 23.8. The predicted molar refractivity (Wildman–Crippen MR) is 96.9 cm³/mol. The lowest BCUT2D eigenvalue weighted by molar-refractivity contribution is -0.0664. The van der Waals surface area contributed by atoms with E-state index in [1.54, 1.807) is 18.2 Å². The van der Waals surface area contributed by atoms with Crippen molar-refractivity contribution in [3.8, 4) is 0 Å². The summed E-state index contributed by atoms with van der Waals surface area (Å²) >= 11 is 0. The minimum atomic E-state index is -1.54. The van der Waals surface area contributed by atoms with Crippen LogP contribution in [-0.2, 0) is 5.54 Å². The molecular formula is C18H25N3O5. The topological polar surface area (TPSA) is 130 Å². The third kappa shape index (κ3) is 2.65. The van der Waals surface area contributed by atoms with Gasteiger partial charge in [0.2, 0.25) is 0 Å². The molecule has 4 N–H and O–H groups in total. The molecule has 1 aromatic heterocycles. The number of fused-ring (bicyclic) bond motifs is 1. The summed E-state index contributed by atoms with van der Waals surface area (Å²) < 4.78 is 5.22. The average Bonchev–Trinajstić information content (AvgIpc) is 2.81. The Morgan fingerprint density at radius 1 is 1.04 bits per heavy atom. The highest BCUT2D eigenvalue weighted by atomic mass is 16.5. The van der Waals surface area contributed by atoms with Crippen LogP contribution in [0.2, 0.25) is 0 Å². The Hall–Kier alpha value is -2.77. The Morgan fingerprint density at radius 2 is 1.54 bits per heavy atom. The Balaban J connectivity index is 2.97. The van der Waals surface area contributed by atoms with Gasteiger partial charge in [0.15, 0.2) is 11.4 Å². The average molecular weight is 363 g/mol. The second kappa shape index (κ2) is 5.89. The molecule has 8 nitrogen and oxygen atoms in total. The molecule has 2 amide bonds. The van der Waals surface area contributed by atoms with E-state index in [-0.39, 0.29) is 5.82 Å². The summed E-state index contributed by atoms with van der Waals surface area (Å²) in [4.78, 5) is 24.5. The highest BCUT2D eigenvalue weighted by Gasteiger charge is 2.60. The van der Waals surface area contributed by atoms with Crippen LogP contribution in [0, 0.1) is 10.8 Å². The van der Waals surface area contributed by atoms with Gasteiger partial charge in [-0.2, -0.15) is 0 Å². The van der Waals surface area contributed by atoms with Crippen LogP contribution in [0.5, 0.6) is 0 Å². The van der Waals surface area contributed by atoms with E-state index in [1.807, 2.05) is 41.5 Å². The second-order valence-corrected chi connectivity index (χ2v) is 8.39. The number of nitrogens with two attached hydrogens (primary N) is 1. The number of nitrogens with zero attached hydrogens (tertiary/aromatic N) is 2. The second-order valence-electron chi connectivity index (χ2n) is 8.39. The number of amides is 2. The zero-order chi connectivity index (χ0) is 20.1. The third-order valence-electron chi connectivity index (χ3n) is 4.81. The molecular weight excluding hydrogens is 338 g/mol. The lowest BCUT2D eigenvalue weighted by atomic mass is 9.56. The van der Waals surface area contributed by atoms with Crippen LogP contribution in [0.4, 0.5) is 15.4 Å². The molecule has 0 unspecified atom stereocenters. The number of hydrogen-bond acceptors (Lipinski definition) is 5. The van der Waals surface area contributed by atoms with Gasteiger partial charge in [0.05, 0.1) is 10.9 Å². The molecule has 0 aliphatic carbocycles. The maximum absolute atomic E-state index is 12.0. The van der Waals surface area contributed by atoms with Crippen LogP contribution in [0.15, 0.2) is 22.7 Å². The van der Waals surface area contributed by atoms with Crippen LogP contribution in [0.25, 0.3) is 11.0 Å². The molecule has 0 aliphatic rings. The van der Waals surface area contributed by atoms with E-state index in [1.165, 1.54) is 0 Å². The SMILES string of the molecule is CC(C)(C)C(c1ccc2c(N)noc2c1)(N(C(=O)O)C(=O)O)C(C)(C)C. The number of aromatic nitrogens is 1. The Labute approximate surface area is 151 Å². The number of anilines is 1. The van der Waals surface area contributed by atoms with Crippen molar-refractivity contribution in [3.63, 3.8) is 0 Å². The van der Waals surface area contributed by atoms with Crippen molar-refractivity contribution in [3.05, 3.63) is 23.8 Å². The molecule has 0 saturated heterocycles. The normalized spacial score (nSPS) is 13.0. The lowest BCUT2D eigenvalue weighted by Crippen LogP contribution is -2.64. The molecule has 0 aliphatic heterocycles. The number of hydrogen-bond donors (Lipinski definition) is 3. The third-order valence-corrected chi connectivity index (χ3v) is 4.81. The van der Waals surface area contributed by atoms with Gasteiger partial charge in [-0.3, -0.25) is 0 Å². The van der Waals surface area contributed by atoms with Crippen LogP contribution in [0.1, 0.15) is 47.1 Å². The largest absolute Gasteiger partial charge is 0.464 e. The molecule has 0 saturated carbocycles. The molecule has 8 heteroatoms. The summed E-state index contributed by atoms with van der Waals surface area (Å²) in [6, 6.07) is 4.98. The van der Waals surface area contributed by atoms with Gasteiger partial charge in [0.25, 0.3) is 0 Å². The van der Waals surface area contributed by atoms with Gasteiger partial charge in [-0.1, -0.05) is 52.8 Å². The first-order valence-corrected chi connectivity index (χ1v) is 8.16. The van der Waals surface area contributed by atoms with E-state index in [4.69, 9.17) is 10.3 Å². The summed E-state index contributed by atoms with van der Waals surface area (Å²) in [5.74, 6) is 0.219. The smallest absolute Gasteiger partial charge is 0.417 e. The van der Waals surface area contributed by atoms with Crippen molar-refractivity contribution < 1.29 is 24.3 Å². The summed E-state index contributed by atoms with van der Waals surface area (Å²) in [5.41, 5.74) is 3.66. The van der Waals surface area contributed by atoms with E-state index in [9.17, 15) is 19.8 Å². The molecule has 2 aromatic rings. The van der Waals surface area contributed by atoms with Crippen molar-refractivity contribution >= 4 is 29.0 Å². The fraction of sp³-hybridized carbons (Fsp3) is 0.500. The Kier molecular flexibility index (Phi) is 4.43. The Bertz CT molecular complexity index is 830. The van der Waals surface area contributed by atoms with Gasteiger partial charge in [0, 0.05) is 0 Å². The minimum absolute atomic E-state index is 0.219. The zero-order valence-electron chi connectivity index (χ0n) is 15.8. The van der Waals surface area contributed by atoms with Crippen LogP contribution < -0.4 is 5.73 Å². The minimum Gasteiger partial charge on any atom is -0.464 e. The maximum Gasteiger partial charge on any atom is 0.417 e.